The van der Waals surface area contributed by atoms with Gasteiger partial charge < -0.3 is 15.0 Å². The minimum atomic E-state index is -0.0799. The number of thiazole rings is 1. The number of nitrogens with one attached hydrogen (secondary N) is 2. The van der Waals surface area contributed by atoms with Crippen LogP contribution >= 0.6 is 23.1 Å². The highest BCUT2D eigenvalue weighted by Gasteiger charge is 2.10. The van der Waals surface area contributed by atoms with E-state index in [-0.39, 0.29) is 11.7 Å². The largest absolute Gasteiger partial charge is 0.497 e. The second kappa shape index (κ2) is 9.48. The van der Waals surface area contributed by atoms with E-state index in [1.807, 2.05) is 78.2 Å². The Morgan fingerprint density at radius 1 is 1.00 bits per heavy atom. The molecular weight excluding hydrogens is 452 g/mol. The molecule has 0 atom stereocenters. The standard InChI is InChI=1S/C25H20N4O2S2/c1-31-19-12-8-17(9-13-19)24-27-22(14-32-24)16-6-10-18(11-7-16)26-23(30)15-33-25-28-20-4-2-3-5-21(20)29-25/h2-14H,15H2,1H3,(H,26,30)(H,28,29). The first-order chi connectivity index (χ1) is 16.2. The number of rotatable bonds is 7. The third-order valence-electron chi connectivity index (χ3n) is 5.01. The van der Waals surface area contributed by atoms with Crippen LogP contribution < -0.4 is 10.1 Å². The second-order valence-corrected chi connectivity index (χ2v) is 9.06. The van der Waals surface area contributed by atoms with E-state index in [2.05, 4.69) is 15.3 Å². The van der Waals surface area contributed by atoms with E-state index >= 15 is 0 Å². The van der Waals surface area contributed by atoms with Gasteiger partial charge in [-0.25, -0.2) is 9.97 Å². The first-order valence-electron chi connectivity index (χ1n) is 10.3. The number of carbonyl (C=O) groups is 1. The Morgan fingerprint density at radius 3 is 2.52 bits per heavy atom. The van der Waals surface area contributed by atoms with Gasteiger partial charge in [-0.1, -0.05) is 36.0 Å². The third kappa shape index (κ3) is 4.92. The zero-order valence-corrected chi connectivity index (χ0v) is 19.4. The number of aromatic amines is 1. The van der Waals surface area contributed by atoms with Crippen LogP contribution in [0.3, 0.4) is 0 Å². The average molecular weight is 473 g/mol. The number of nitrogens with zero attached hydrogens (tertiary/aromatic N) is 2. The smallest absolute Gasteiger partial charge is 0.234 e. The Balaban J connectivity index is 1.19. The molecule has 0 aliphatic rings. The molecule has 0 aliphatic heterocycles. The normalized spacial score (nSPS) is 10.9. The van der Waals surface area contributed by atoms with Crippen molar-refractivity contribution < 1.29 is 9.53 Å². The lowest BCUT2D eigenvalue weighted by Crippen LogP contribution is -2.14. The van der Waals surface area contributed by atoms with Gasteiger partial charge in [-0.05, 0) is 48.5 Å². The van der Waals surface area contributed by atoms with Crippen molar-refractivity contribution >= 4 is 45.7 Å². The minimum Gasteiger partial charge on any atom is -0.497 e. The molecule has 0 radical (unpaired) electrons. The van der Waals surface area contributed by atoms with Crippen LogP contribution in [0.5, 0.6) is 5.75 Å². The van der Waals surface area contributed by atoms with Crippen molar-refractivity contribution in [1.29, 1.82) is 0 Å². The quantitative estimate of drug-likeness (QED) is 0.280. The fraction of sp³-hybridized carbons (Fsp3) is 0.0800. The number of para-hydroxylation sites is 2. The molecule has 0 saturated heterocycles. The summed E-state index contributed by atoms with van der Waals surface area (Å²) in [5.41, 5.74) is 5.57. The van der Waals surface area contributed by atoms with Crippen molar-refractivity contribution in [1.82, 2.24) is 15.0 Å². The highest BCUT2D eigenvalue weighted by molar-refractivity contribution is 7.99. The summed E-state index contributed by atoms with van der Waals surface area (Å²) in [7, 11) is 1.65. The second-order valence-electron chi connectivity index (χ2n) is 7.24. The van der Waals surface area contributed by atoms with Gasteiger partial charge in [-0.3, -0.25) is 4.79 Å². The highest BCUT2D eigenvalue weighted by Crippen LogP contribution is 2.30. The van der Waals surface area contributed by atoms with E-state index in [0.717, 1.165) is 49.5 Å². The van der Waals surface area contributed by atoms with Crippen molar-refractivity contribution in [3.05, 3.63) is 78.2 Å². The molecule has 2 N–H and O–H groups in total. The number of hydrogen-bond acceptors (Lipinski definition) is 6. The molecule has 0 fully saturated rings. The summed E-state index contributed by atoms with van der Waals surface area (Å²) in [6, 6.07) is 23.4. The molecule has 2 heterocycles. The lowest BCUT2D eigenvalue weighted by Gasteiger charge is -2.05. The maximum Gasteiger partial charge on any atom is 0.234 e. The molecule has 8 heteroatoms. The molecule has 0 unspecified atom stereocenters. The number of carbonyl (C=O) groups excluding carboxylic acids is 1. The monoisotopic (exact) mass is 472 g/mol. The van der Waals surface area contributed by atoms with Crippen LogP contribution in [0.2, 0.25) is 0 Å². The average Bonchev–Trinajstić information content (AvgIpc) is 3.51. The number of imidazole rings is 1. The summed E-state index contributed by atoms with van der Waals surface area (Å²) in [6.07, 6.45) is 0. The first-order valence-corrected chi connectivity index (χ1v) is 12.1. The van der Waals surface area contributed by atoms with Gasteiger partial charge >= 0.3 is 0 Å². The van der Waals surface area contributed by atoms with Gasteiger partial charge in [0.05, 0.1) is 29.6 Å². The Bertz CT molecular complexity index is 1360. The summed E-state index contributed by atoms with van der Waals surface area (Å²) in [5, 5.41) is 6.66. The van der Waals surface area contributed by atoms with Gasteiger partial charge in [0.1, 0.15) is 10.8 Å². The Labute approximate surface area is 199 Å². The van der Waals surface area contributed by atoms with Crippen LogP contribution in [0.4, 0.5) is 5.69 Å². The van der Waals surface area contributed by atoms with Gasteiger partial charge in [0, 0.05) is 22.2 Å². The number of ether oxygens (including phenoxy) is 1. The first kappa shape index (κ1) is 21.2. The van der Waals surface area contributed by atoms with Crippen molar-refractivity contribution in [3.63, 3.8) is 0 Å². The van der Waals surface area contributed by atoms with Crippen molar-refractivity contribution in [2.75, 3.05) is 18.2 Å². The van der Waals surface area contributed by atoms with Gasteiger partial charge in [-0.2, -0.15) is 0 Å². The fourth-order valence-corrected chi connectivity index (χ4v) is 4.85. The molecular formula is C25H20N4O2S2. The van der Waals surface area contributed by atoms with Crippen LogP contribution in [-0.4, -0.2) is 33.7 Å². The van der Waals surface area contributed by atoms with E-state index in [9.17, 15) is 4.79 Å². The molecule has 5 rings (SSSR count). The lowest BCUT2D eigenvalue weighted by molar-refractivity contribution is -0.113. The van der Waals surface area contributed by atoms with Crippen molar-refractivity contribution in [2.45, 2.75) is 5.16 Å². The number of H-pyrrole nitrogens is 1. The minimum absolute atomic E-state index is 0.0799. The van der Waals surface area contributed by atoms with Crippen molar-refractivity contribution in [2.24, 2.45) is 0 Å². The molecule has 0 spiro atoms. The molecule has 6 nitrogen and oxygen atoms in total. The van der Waals surface area contributed by atoms with Crippen molar-refractivity contribution in [3.8, 4) is 27.6 Å². The highest BCUT2D eigenvalue weighted by atomic mass is 32.2. The number of fused-ring (bicyclic) bond motifs is 1. The number of thioether (sulfide) groups is 1. The summed E-state index contributed by atoms with van der Waals surface area (Å²) in [6.45, 7) is 0. The van der Waals surface area contributed by atoms with Crippen LogP contribution in [-0.2, 0) is 4.79 Å². The van der Waals surface area contributed by atoms with E-state index in [4.69, 9.17) is 9.72 Å². The maximum atomic E-state index is 12.4. The predicted octanol–water partition coefficient (Wildman–Crippen LogP) is 6.09. The summed E-state index contributed by atoms with van der Waals surface area (Å²) in [4.78, 5) is 24.8. The molecule has 5 aromatic rings. The zero-order chi connectivity index (χ0) is 22.6. The topological polar surface area (TPSA) is 79.9 Å². The predicted molar refractivity (Wildman–Crippen MR) is 135 cm³/mol. The molecule has 3 aromatic carbocycles. The van der Waals surface area contributed by atoms with E-state index < -0.39 is 0 Å². The van der Waals surface area contributed by atoms with Gasteiger partial charge in [-0.15, -0.1) is 11.3 Å². The zero-order valence-electron chi connectivity index (χ0n) is 17.7. The van der Waals surface area contributed by atoms with Crippen LogP contribution in [0, 0.1) is 0 Å². The molecule has 0 saturated carbocycles. The molecule has 33 heavy (non-hydrogen) atoms. The van der Waals surface area contributed by atoms with Crippen LogP contribution in [0.1, 0.15) is 0 Å². The van der Waals surface area contributed by atoms with Crippen LogP contribution in [0.25, 0.3) is 32.9 Å². The fourth-order valence-electron chi connectivity index (χ4n) is 3.33. The molecule has 0 aliphatic carbocycles. The van der Waals surface area contributed by atoms with E-state index in [0.29, 0.717) is 0 Å². The molecule has 1 amide bonds. The molecule has 0 bridgehead atoms. The van der Waals surface area contributed by atoms with Gasteiger partial charge in [0.2, 0.25) is 5.91 Å². The van der Waals surface area contributed by atoms with E-state index in [1.165, 1.54) is 11.8 Å². The molecule has 2 aromatic heterocycles. The summed E-state index contributed by atoms with van der Waals surface area (Å²) >= 11 is 2.98. The van der Waals surface area contributed by atoms with Crippen LogP contribution in [0.15, 0.2) is 83.3 Å². The van der Waals surface area contributed by atoms with Gasteiger partial charge in [0.25, 0.3) is 0 Å². The molecule has 164 valence electrons. The number of anilines is 1. The number of aromatic nitrogens is 3. The SMILES string of the molecule is COc1ccc(-c2nc(-c3ccc(NC(=O)CSc4nc5ccccc5[nH]4)cc3)cs2)cc1. The Kier molecular flexibility index (Phi) is 6.10. The Hall–Kier alpha value is -3.62. The Morgan fingerprint density at radius 2 is 1.76 bits per heavy atom. The summed E-state index contributed by atoms with van der Waals surface area (Å²) in [5.74, 6) is 1.02. The van der Waals surface area contributed by atoms with Gasteiger partial charge in [0.15, 0.2) is 5.16 Å². The number of hydrogen-bond donors (Lipinski definition) is 2. The lowest BCUT2D eigenvalue weighted by atomic mass is 10.1. The number of methoxy groups -OCH3 is 1. The third-order valence-corrected chi connectivity index (χ3v) is 6.78. The number of amides is 1. The number of benzene rings is 3. The maximum absolute atomic E-state index is 12.4. The summed E-state index contributed by atoms with van der Waals surface area (Å²) < 4.78 is 5.22. The van der Waals surface area contributed by atoms with E-state index in [1.54, 1.807) is 18.4 Å².